The molecule has 0 saturated heterocycles. The quantitative estimate of drug-likeness (QED) is 0.134. The zero-order valence-electron chi connectivity index (χ0n) is 25.9. The number of ether oxygens (including phenoxy) is 1. The summed E-state index contributed by atoms with van der Waals surface area (Å²) < 4.78 is 53.1. The molecule has 0 N–H and O–H groups in total. The maximum atomic E-state index is 13.4. The van der Waals surface area contributed by atoms with Gasteiger partial charge in [0, 0.05) is 33.7 Å². The lowest BCUT2D eigenvalue weighted by molar-refractivity contribution is 0.229. The van der Waals surface area contributed by atoms with Crippen LogP contribution in [0.15, 0.2) is 95.7 Å². The van der Waals surface area contributed by atoms with Gasteiger partial charge in [-0.15, -0.1) is 0 Å². The van der Waals surface area contributed by atoms with Gasteiger partial charge in [-0.3, -0.25) is 13.6 Å². The summed E-state index contributed by atoms with van der Waals surface area (Å²) in [6.45, 7) is 6.97. The largest absolute Gasteiger partial charge is 0.496 e. The predicted octanol–water partition coefficient (Wildman–Crippen LogP) is 10.2. The Morgan fingerprint density at radius 1 is 0.727 bits per heavy atom. The van der Waals surface area contributed by atoms with Crippen LogP contribution in [0.2, 0.25) is 0 Å². The number of nitrogens with zero attached hydrogens (tertiary/aromatic N) is 1. The Labute approximate surface area is 274 Å². The van der Waals surface area contributed by atoms with E-state index in [2.05, 4.69) is 35.6 Å². The highest BCUT2D eigenvalue weighted by atomic mass is 79.9. The van der Waals surface area contributed by atoms with Crippen molar-refractivity contribution >= 4 is 47.0 Å². The first-order valence-electron chi connectivity index (χ1n) is 14.2. The van der Waals surface area contributed by atoms with Crippen LogP contribution in [0, 0.1) is 6.92 Å². The highest BCUT2D eigenvalue weighted by Crippen LogP contribution is 2.53. The van der Waals surface area contributed by atoms with E-state index < -0.39 is 14.5 Å². The monoisotopic (exact) mass is 727 g/mol. The number of aryl methyl sites for hydroxylation is 1. The fourth-order valence-electron chi connectivity index (χ4n) is 4.09. The van der Waals surface area contributed by atoms with Gasteiger partial charge in [0.1, 0.15) is 11.1 Å². The number of aromatic nitrogens is 1. The summed E-state index contributed by atoms with van der Waals surface area (Å²) in [6.07, 6.45) is 4.06. The van der Waals surface area contributed by atoms with Gasteiger partial charge in [-0.1, -0.05) is 48.5 Å². The number of halogens is 2. The Kier molecular flexibility index (Phi) is 16.7. The lowest BCUT2D eigenvalue weighted by atomic mass is 10.0. The van der Waals surface area contributed by atoms with Gasteiger partial charge < -0.3 is 18.4 Å². The molecule has 0 saturated carbocycles. The number of benzene rings is 3. The van der Waals surface area contributed by atoms with Gasteiger partial charge in [0.15, 0.2) is 0 Å². The summed E-state index contributed by atoms with van der Waals surface area (Å²) in [7, 11) is -1.92. The van der Waals surface area contributed by atoms with E-state index >= 15 is 0 Å². The molecular weight excluding hydrogens is 688 g/mol. The van der Waals surface area contributed by atoms with E-state index in [4.69, 9.17) is 25.0 Å². The first-order chi connectivity index (χ1) is 21.1. The van der Waals surface area contributed by atoms with Crippen molar-refractivity contribution in [2.45, 2.75) is 34.6 Å². The van der Waals surface area contributed by atoms with E-state index in [-0.39, 0.29) is 0 Å². The predicted molar refractivity (Wildman–Crippen MR) is 184 cm³/mol. The summed E-state index contributed by atoms with van der Waals surface area (Å²) in [5.41, 5.74) is 3.96. The minimum absolute atomic E-state index is 0.294. The van der Waals surface area contributed by atoms with Crippen LogP contribution in [0.4, 0.5) is 0 Å². The van der Waals surface area contributed by atoms with Crippen LogP contribution in [0.5, 0.6) is 5.75 Å². The van der Waals surface area contributed by atoms with E-state index in [1.807, 2.05) is 92.1 Å². The van der Waals surface area contributed by atoms with Gasteiger partial charge in [-0.05, 0) is 92.0 Å². The van der Waals surface area contributed by atoms with Gasteiger partial charge in [-0.25, -0.2) is 4.57 Å². The van der Waals surface area contributed by atoms with Crippen LogP contribution in [-0.4, -0.2) is 38.1 Å². The summed E-state index contributed by atoms with van der Waals surface area (Å²) in [4.78, 5) is 0. The normalized spacial score (nSPS) is 11.2. The van der Waals surface area contributed by atoms with Crippen LogP contribution >= 0.6 is 41.7 Å². The molecule has 44 heavy (non-hydrogen) atoms. The number of para-hydroxylation sites is 1. The number of hydrogen-bond donors (Lipinski definition) is 0. The SMILES string of the molecule is Brc1ccccc1-n1cccc1.CCOP(=O)(Cl)OCC.CCOP(=O)(OCC)c1c(OC)ccc(C)c1-c1ccccc1. The van der Waals surface area contributed by atoms with Crippen molar-refractivity contribution in [2.75, 3.05) is 33.5 Å². The van der Waals surface area contributed by atoms with Crippen molar-refractivity contribution in [2.24, 2.45) is 0 Å². The lowest BCUT2D eigenvalue weighted by Crippen LogP contribution is -2.17. The standard InChI is InChI=1S/C18H23O4P.C10H8BrN.C4H10ClO3P/c1-5-21-23(19,22-6-2)18-16(20-4)13-12-14(3)17(18)15-10-8-7-9-11-15;11-9-5-1-2-6-10(9)12-7-3-4-8-12;1-3-7-9(5,6)8-4-2/h7-13H,5-6H2,1-4H3;1-8H;3-4H2,1-2H3. The van der Waals surface area contributed by atoms with Crippen LogP contribution in [-0.2, 0) is 27.2 Å². The summed E-state index contributed by atoms with van der Waals surface area (Å²) in [6, 6.07) is 25.7. The fourth-order valence-corrected chi connectivity index (χ4v) is 7.88. The molecule has 0 radical (unpaired) electrons. The maximum Gasteiger partial charge on any atom is 0.424 e. The number of methoxy groups -OCH3 is 1. The molecule has 3 aromatic carbocycles. The molecule has 0 fully saturated rings. The Bertz CT molecular complexity index is 1480. The molecule has 0 bridgehead atoms. The topological polar surface area (TPSA) is 85.2 Å². The number of hydrogen-bond acceptors (Lipinski definition) is 7. The molecule has 0 aliphatic heterocycles. The highest BCUT2D eigenvalue weighted by molar-refractivity contribution is 9.10. The van der Waals surface area contributed by atoms with Crippen LogP contribution in [0.1, 0.15) is 33.3 Å². The summed E-state index contributed by atoms with van der Waals surface area (Å²) >= 11 is 8.74. The third kappa shape index (κ3) is 11.3. The van der Waals surface area contributed by atoms with Crippen molar-refractivity contribution < 1.29 is 32.0 Å². The molecular formula is C32H41BrClNO7P2. The second kappa shape index (κ2) is 19.4. The molecule has 0 unspecified atom stereocenters. The average molecular weight is 729 g/mol. The van der Waals surface area contributed by atoms with Gasteiger partial charge in [0.25, 0.3) is 0 Å². The summed E-state index contributed by atoms with van der Waals surface area (Å²) in [5.74, 6) is 0.514. The lowest BCUT2D eigenvalue weighted by Gasteiger charge is -2.23. The van der Waals surface area contributed by atoms with Crippen molar-refractivity contribution in [1.82, 2.24) is 4.57 Å². The van der Waals surface area contributed by atoms with Crippen molar-refractivity contribution in [3.8, 4) is 22.6 Å². The van der Waals surface area contributed by atoms with Crippen LogP contribution in [0.25, 0.3) is 16.8 Å². The molecule has 8 nitrogen and oxygen atoms in total. The van der Waals surface area contributed by atoms with Crippen LogP contribution < -0.4 is 10.0 Å². The molecule has 0 aliphatic carbocycles. The van der Waals surface area contributed by atoms with E-state index in [9.17, 15) is 9.13 Å². The second-order valence-electron chi connectivity index (χ2n) is 8.82. The van der Waals surface area contributed by atoms with Gasteiger partial charge in [-0.2, -0.15) is 0 Å². The average Bonchev–Trinajstić information content (AvgIpc) is 3.53. The van der Waals surface area contributed by atoms with E-state index in [1.165, 1.54) is 5.69 Å². The number of rotatable bonds is 12. The first kappa shape index (κ1) is 38.0. The molecule has 0 aliphatic rings. The molecule has 0 amide bonds. The van der Waals surface area contributed by atoms with E-state index in [1.54, 1.807) is 34.8 Å². The Morgan fingerprint density at radius 2 is 1.25 bits per heavy atom. The Balaban J connectivity index is 0.000000267. The fraction of sp³-hybridized carbons (Fsp3) is 0.312. The van der Waals surface area contributed by atoms with Gasteiger partial charge in [0.2, 0.25) is 0 Å². The van der Waals surface area contributed by atoms with Crippen molar-refractivity contribution in [1.29, 1.82) is 0 Å². The second-order valence-corrected chi connectivity index (χ2v) is 14.2. The van der Waals surface area contributed by atoms with E-state index in [0.717, 1.165) is 21.2 Å². The Morgan fingerprint density at radius 3 is 1.75 bits per heavy atom. The zero-order chi connectivity index (χ0) is 32.6. The third-order valence-corrected chi connectivity index (χ3v) is 10.4. The van der Waals surface area contributed by atoms with Crippen LogP contribution in [0.3, 0.4) is 0 Å². The molecule has 1 aromatic heterocycles. The van der Waals surface area contributed by atoms with Crippen molar-refractivity contribution in [3.63, 3.8) is 0 Å². The summed E-state index contributed by atoms with van der Waals surface area (Å²) in [5, 5.41) is 0.495. The first-order valence-corrected chi connectivity index (χ1v) is 18.9. The molecule has 0 atom stereocenters. The third-order valence-electron chi connectivity index (χ3n) is 5.81. The minimum Gasteiger partial charge on any atom is -0.496 e. The molecule has 240 valence electrons. The maximum absolute atomic E-state index is 13.4. The van der Waals surface area contributed by atoms with Gasteiger partial charge in [0.05, 0.1) is 39.2 Å². The zero-order valence-corrected chi connectivity index (χ0v) is 30.1. The molecule has 12 heteroatoms. The molecule has 0 spiro atoms. The minimum atomic E-state index is -3.48. The molecule has 4 rings (SSSR count). The molecule has 1 heterocycles. The van der Waals surface area contributed by atoms with E-state index in [0.29, 0.717) is 37.5 Å². The smallest absolute Gasteiger partial charge is 0.424 e. The molecule has 4 aromatic rings. The Hall–Kier alpha value is -2.19. The van der Waals surface area contributed by atoms with Gasteiger partial charge >= 0.3 is 14.5 Å². The highest BCUT2D eigenvalue weighted by Gasteiger charge is 2.34. The van der Waals surface area contributed by atoms with Crippen molar-refractivity contribution in [3.05, 3.63) is 101 Å².